The summed E-state index contributed by atoms with van der Waals surface area (Å²) in [4.78, 5) is 21.0. The van der Waals surface area contributed by atoms with Gasteiger partial charge in [-0.05, 0) is 25.1 Å². The number of H-pyrrole nitrogens is 1. The lowest BCUT2D eigenvalue weighted by Gasteiger charge is -2.20. The highest BCUT2D eigenvalue weighted by Gasteiger charge is 2.09. The Morgan fingerprint density at radius 1 is 1.53 bits per heavy atom. The Labute approximate surface area is 110 Å². The number of aromatic amines is 1. The highest BCUT2D eigenvalue weighted by atomic mass is 16.1. The van der Waals surface area contributed by atoms with Crippen LogP contribution in [0, 0.1) is 11.3 Å². The number of hydrogen-bond acceptors (Lipinski definition) is 5. The van der Waals surface area contributed by atoms with Crippen molar-refractivity contribution in [2.45, 2.75) is 13.3 Å². The van der Waals surface area contributed by atoms with Gasteiger partial charge < -0.3 is 10.6 Å². The summed E-state index contributed by atoms with van der Waals surface area (Å²) in [5.74, 6) is 0.486. The van der Waals surface area contributed by atoms with Crippen LogP contribution in [0.2, 0.25) is 0 Å². The summed E-state index contributed by atoms with van der Waals surface area (Å²) in [6.07, 6.45) is 0.386. The molecule has 0 spiro atoms. The molecular weight excluding hydrogens is 242 g/mol. The van der Waals surface area contributed by atoms with Crippen molar-refractivity contribution in [2.75, 3.05) is 23.7 Å². The first-order valence-corrected chi connectivity index (χ1v) is 6.07. The molecule has 1 aromatic carbocycles. The first-order chi connectivity index (χ1) is 9.15. The average molecular weight is 257 g/mol. The van der Waals surface area contributed by atoms with Gasteiger partial charge in [-0.25, -0.2) is 4.98 Å². The molecule has 0 saturated heterocycles. The summed E-state index contributed by atoms with van der Waals surface area (Å²) in [6.45, 7) is 3.16. The van der Waals surface area contributed by atoms with E-state index in [1.807, 2.05) is 11.8 Å². The second kappa shape index (κ2) is 5.40. The van der Waals surface area contributed by atoms with Gasteiger partial charge in [0, 0.05) is 18.8 Å². The number of nitrogens with zero attached hydrogens (tertiary/aromatic N) is 3. The molecule has 0 aliphatic carbocycles. The average Bonchev–Trinajstić information content (AvgIpc) is 2.40. The number of fused-ring (bicyclic) bond motifs is 1. The van der Waals surface area contributed by atoms with E-state index in [-0.39, 0.29) is 5.56 Å². The van der Waals surface area contributed by atoms with Gasteiger partial charge in [0.15, 0.2) is 0 Å². The van der Waals surface area contributed by atoms with E-state index >= 15 is 0 Å². The van der Waals surface area contributed by atoms with Crippen molar-refractivity contribution >= 4 is 22.5 Å². The predicted octanol–water partition coefficient (Wildman–Crippen LogP) is 1.25. The highest BCUT2D eigenvalue weighted by Crippen LogP contribution is 2.14. The van der Waals surface area contributed by atoms with Crippen molar-refractivity contribution in [3.8, 4) is 6.07 Å². The van der Waals surface area contributed by atoms with Gasteiger partial charge in [-0.15, -0.1) is 0 Å². The molecule has 0 aliphatic heterocycles. The largest absolute Gasteiger partial charge is 0.399 e. The monoisotopic (exact) mass is 257 g/mol. The lowest BCUT2D eigenvalue weighted by atomic mass is 10.2. The van der Waals surface area contributed by atoms with Crippen LogP contribution in [0.1, 0.15) is 13.3 Å². The molecule has 6 nitrogen and oxygen atoms in total. The minimum atomic E-state index is -0.220. The molecule has 3 N–H and O–H groups in total. The second-order valence-electron chi connectivity index (χ2n) is 4.15. The standard InChI is InChI=1S/C13H15N5O/c1-2-18(7-3-6-14)13-16-11-5-4-9(15)8-10(11)12(19)17-13/h4-5,8H,2-3,7,15H2,1H3,(H,16,17,19). The third-order valence-electron chi connectivity index (χ3n) is 2.89. The highest BCUT2D eigenvalue weighted by molar-refractivity contribution is 5.81. The van der Waals surface area contributed by atoms with E-state index in [0.29, 0.717) is 42.0 Å². The topological polar surface area (TPSA) is 98.8 Å². The van der Waals surface area contributed by atoms with Crippen LogP contribution in [0.15, 0.2) is 23.0 Å². The quantitative estimate of drug-likeness (QED) is 0.803. The molecule has 0 aliphatic rings. The van der Waals surface area contributed by atoms with Crippen LogP contribution in [0.5, 0.6) is 0 Å². The molecule has 0 atom stereocenters. The third-order valence-corrected chi connectivity index (χ3v) is 2.89. The van der Waals surface area contributed by atoms with Gasteiger partial charge in [0.2, 0.25) is 5.95 Å². The third kappa shape index (κ3) is 2.65. The Morgan fingerprint density at radius 2 is 2.32 bits per heavy atom. The smallest absolute Gasteiger partial charge is 0.260 e. The molecule has 0 bridgehead atoms. The summed E-state index contributed by atoms with van der Waals surface area (Å²) < 4.78 is 0. The maximum atomic E-state index is 12.0. The molecule has 98 valence electrons. The summed E-state index contributed by atoms with van der Waals surface area (Å²) in [6, 6.07) is 7.13. The fourth-order valence-corrected chi connectivity index (χ4v) is 1.89. The Morgan fingerprint density at radius 3 is 3.00 bits per heavy atom. The zero-order valence-corrected chi connectivity index (χ0v) is 10.7. The first-order valence-electron chi connectivity index (χ1n) is 6.07. The van der Waals surface area contributed by atoms with Crippen molar-refractivity contribution in [1.29, 1.82) is 5.26 Å². The number of rotatable bonds is 4. The molecule has 0 unspecified atom stereocenters. The summed E-state index contributed by atoms with van der Waals surface area (Å²) in [5.41, 5.74) is 6.57. The molecule has 0 radical (unpaired) electrons. The van der Waals surface area contributed by atoms with Crippen LogP contribution in [-0.2, 0) is 0 Å². The van der Waals surface area contributed by atoms with Crippen LogP contribution >= 0.6 is 0 Å². The van der Waals surface area contributed by atoms with E-state index in [0.717, 1.165) is 0 Å². The minimum Gasteiger partial charge on any atom is -0.399 e. The molecule has 0 saturated carbocycles. The molecule has 0 fully saturated rings. The maximum Gasteiger partial charge on any atom is 0.260 e. The number of aromatic nitrogens is 2. The van der Waals surface area contributed by atoms with Crippen LogP contribution in [0.4, 0.5) is 11.6 Å². The molecule has 1 aromatic heterocycles. The van der Waals surface area contributed by atoms with Gasteiger partial charge in [0.25, 0.3) is 5.56 Å². The molecule has 2 rings (SSSR count). The molecule has 0 amide bonds. The fourth-order valence-electron chi connectivity index (χ4n) is 1.89. The van der Waals surface area contributed by atoms with Crippen molar-refractivity contribution in [3.05, 3.63) is 28.6 Å². The lowest BCUT2D eigenvalue weighted by molar-refractivity contribution is 0.791. The zero-order valence-electron chi connectivity index (χ0n) is 10.7. The Bertz CT molecular complexity index is 685. The number of nitrogens with one attached hydrogen (secondary N) is 1. The number of anilines is 2. The van der Waals surface area contributed by atoms with Gasteiger partial charge in [0.1, 0.15) is 0 Å². The van der Waals surface area contributed by atoms with E-state index in [1.54, 1.807) is 18.2 Å². The Balaban J connectivity index is 2.48. The van der Waals surface area contributed by atoms with Gasteiger partial charge in [-0.2, -0.15) is 5.26 Å². The SMILES string of the molecule is CCN(CCC#N)c1nc2ccc(N)cc2c(=O)[nH]1. The first kappa shape index (κ1) is 12.9. The van der Waals surface area contributed by atoms with E-state index in [9.17, 15) is 4.79 Å². The van der Waals surface area contributed by atoms with Crippen molar-refractivity contribution in [3.63, 3.8) is 0 Å². The lowest BCUT2D eigenvalue weighted by Crippen LogP contribution is -2.28. The van der Waals surface area contributed by atoms with Crippen molar-refractivity contribution in [1.82, 2.24) is 9.97 Å². The van der Waals surface area contributed by atoms with Gasteiger partial charge in [-0.1, -0.05) is 0 Å². The molecule has 6 heteroatoms. The number of nitrogens with two attached hydrogens (primary N) is 1. The fraction of sp³-hybridized carbons (Fsp3) is 0.308. The molecule has 19 heavy (non-hydrogen) atoms. The zero-order chi connectivity index (χ0) is 13.8. The van der Waals surface area contributed by atoms with Crippen molar-refractivity contribution in [2.24, 2.45) is 0 Å². The number of hydrogen-bond donors (Lipinski definition) is 2. The van der Waals surface area contributed by atoms with Crippen LogP contribution < -0.4 is 16.2 Å². The summed E-state index contributed by atoms with van der Waals surface area (Å²) in [7, 11) is 0. The second-order valence-corrected chi connectivity index (χ2v) is 4.15. The van der Waals surface area contributed by atoms with Crippen LogP contribution in [0.3, 0.4) is 0 Å². The van der Waals surface area contributed by atoms with Gasteiger partial charge >= 0.3 is 0 Å². The number of nitriles is 1. The van der Waals surface area contributed by atoms with Gasteiger partial charge in [-0.3, -0.25) is 9.78 Å². The predicted molar refractivity (Wildman–Crippen MR) is 74.9 cm³/mol. The Kier molecular flexibility index (Phi) is 3.66. The molecular formula is C13H15N5O. The minimum absolute atomic E-state index is 0.220. The van der Waals surface area contributed by atoms with Crippen LogP contribution in [0.25, 0.3) is 10.9 Å². The molecule has 2 aromatic rings. The van der Waals surface area contributed by atoms with Crippen molar-refractivity contribution < 1.29 is 0 Å². The maximum absolute atomic E-state index is 12.0. The van der Waals surface area contributed by atoms with E-state index in [1.165, 1.54) is 0 Å². The summed E-state index contributed by atoms with van der Waals surface area (Å²) >= 11 is 0. The van der Waals surface area contributed by atoms with E-state index in [4.69, 9.17) is 11.0 Å². The Hall–Kier alpha value is -2.55. The normalized spacial score (nSPS) is 10.3. The summed E-state index contributed by atoms with van der Waals surface area (Å²) in [5, 5.41) is 9.10. The van der Waals surface area contributed by atoms with E-state index in [2.05, 4.69) is 16.0 Å². The number of nitrogen functional groups attached to an aromatic ring is 1. The van der Waals surface area contributed by atoms with Gasteiger partial charge in [0.05, 0.1) is 23.4 Å². The molecule has 1 heterocycles. The van der Waals surface area contributed by atoms with Crippen LogP contribution in [-0.4, -0.2) is 23.1 Å². The van der Waals surface area contributed by atoms with E-state index < -0.39 is 0 Å². The number of benzene rings is 1.